The van der Waals surface area contributed by atoms with Crippen LogP contribution in [0.3, 0.4) is 0 Å². The summed E-state index contributed by atoms with van der Waals surface area (Å²) in [5.74, 6) is -44.6. The Morgan fingerprint density at radius 1 is 0.483 bits per heavy atom. The first-order valence-corrected chi connectivity index (χ1v) is 6.27. The largest absolute Gasteiger partial charge is 0.456 e. The van der Waals surface area contributed by atoms with Crippen LogP contribution in [0.1, 0.15) is 0 Å². The monoisotopic (exact) mass is 480 g/mol. The predicted molar refractivity (Wildman–Crippen MR) is 50.5 cm³/mol. The van der Waals surface area contributed by atoms with Crippen LogP contribution in [-0.4, -0.2) is 60.1 Å². The van der Waals surface area contributed by atoms with Gasteiger partial charge in [0, 0.05) is 0 Å². The number of hydrogen-bond donors (Lipinski definition) is 0. The third-order valence-electron chi connectivity index (χ3n) is 3.59. The highest BCUT2D eigenvalue weighted by Gasteiger charge is 2.96. The Morgan fingerprint density at radius 2 is 0.690 bits per heavy atom. The van der Waals surface area contributed by atoms with Crippen LogP contribution in [-0.2, 0) is 4.74 Å². The molecule has 1 heterocycles. The molecule has 1 aliphatic rings. The summed E-state index contributed by atoms with van der Waals surface area (Å²) in [6.45, 7) is 0. The van der Waals surface area contributed by atoms with Crippen LogP contribution in [0.4, 0.5) is 79.0 Å². The molecule has 29 heavy (non-hydrogen) atoms. The Kier molecular flexibility index (Phi) is 5.43. The molecule has 0 spiro atoms. The lowest BCUT2D eigenvalue weighted by Crippen LogP contribution is -2.64. The maximum Gasteiger partial charge on any atom is 0.456 e. The van der Waals surface area contributed by atoms with E-state index in [-0.39, 0.29) is 0 Å². The molecule has 1 fully saturated rings. The van der Waals surface area contributed by atoms with Crippen LogP contribution in [0.5, 0.6) is 0 Å². The maximum atomic E-state index is 13.8. The third kappa shape index (κ3) is 3.00. The zero-order valence-electron chi connectivity index (χ0n) is 12.4. The van der Waals surface area contributed by atoms with Crippen LogP contribution in [0, 0.1) is 0 Å². The van der Waals surface area contributed by atoms with Crippen molar-refractivity contribution in [1.29, 1.82) is 0 Å². The Labute approximate surface area is 145 Å². The molecule has 19 heteroatoms. The minimum atomic E-state index is -7.64. The van der Waals surface area contributed by atoms with E-state index in [1.165, 1.54) is 0 Å². The fourth-order valence-corrected chi connectivity index (χ4v) is 1.95. The van der Waals surface area contributed by atoms with Crippen molar-refractivity contribution in [3.05, 3.63) is 0 Å². The Hall–Kier alpha value is -1.30. The zero-order valence-corrected chi connectivity index (χ0v) is 12.4. The molecule has 0 amide bonds. The summed E-state index contributed by atoms with van der Waals surface area (Å²) < 4.78 is 232. The van der Waals surface area contributed by atoms with Crippen molar-refractivity contribution >= 4 is 0 Å². The van der Waals surface area contributed by atoms with E-state index in [1.807, 2.05) is 4.74 Å². The highest BCUT2D eigenvalue weighted by Crippen LogP contribution is 2.66. The van der Waals surface area contributed by atoms with Gasteiger partial charge in [0.2, 0.25) is 12.3 Å². The second kappa shape index (κ2) is 6.12. The summed E-state index contributed by atoms with van der Waals surface area (Å²) in [6, 6.07) is 0. The molecule has 0 aliphatic carbocycles. The van der Waals surface area contributed by atoms with Gasteiger partial charge in [-0.2, -0.15) is 61.5 Å². The third-order valence-corrected chi connectivity index (χ3v) is 3.59. The minimum absolute atomic E-state index is 1.91. The van der Waals surface area contributed by atoms with Crippen molar-refractivity contribution in [3.63, 3.8) is 0 Å². The average molecular weight is 480 g/mol. The molecular weight excluding hydrogens is 478 g/mol. The average Bonchev–Trinajstić information content (AvgIpc) is 2.60. The van der Waals surface area contributed by atoms with E-state index in [9.17, 15) is 79.0 Å². The van der Waals surface area contributed by atoms with E-state index in [0.29, 0.717) is 0 Å². The SMILES string of the molecule is FC(C(F)(F)C(F)(F)F)C1(F)OC(F)(C(F)C(F)(F)C(F)(F)F)C(F)(F)C1(F)F. The first-order chi connectivity index (χ1) is 12.3. The molecule has 0 bridgehead atoms. The van der Waals surface area contributed by atoms with Gasteiger partial charge in [-0.15, -0.1) is 0 Å². The molecule has 1 nitrogen and oxygen atoms in total. The minimum Gasteiger partial charge on any atom is -0.293 e. The highest BCUT2D eigenvalue weighted by molar-refractivity contribution is 5.19. The Bertz CT molecular complexity index is 580. The maximum absolute atomic E-state index is 13.8. The van der Waals surface area contributed by atoms with Crippen LogP contribution in [0.25, 0.3) is 0 Å². The summed E-state index contributed by atoms with van der Waals surface area (Å²) >= 11 is 0. The number of hydrogen-bond acceptors (Lipinski definition) is 1. The lowest BCUT2D eigenvalue weighted by atomic mass is 9.92. The zero-order chi connectivity index (χ0) is 23.9. The van der Waals surface area contributed by atoms with E-state index >= 15 is 0 Å². The molecule has 0 N–H and O–H groups in total. The van der Waals surface area contributed by atoms with Crippen molar-refractivity contribution in [2.24, 2.45) is 0 Å². The number of halogens is 18. The summed E-state index contributed by atoms with van der Waals surface area (Å²) in [4.78, 5) is 0. The molecule has 0 aromatic heterocycles. The van der Waals surface area contributed by atoms with Crippen molar-refractivity contribution in [2.75, 3.05) is 0 Å². The molecule has 0 aromatic rings. The quantitative estimate of drug-likeness (QED) is 0.470. The van der Waals surface area contributed by atoms with Gasteiger partial charge in [0.25, 0.3) is 0 Å². The number of rotatable bonds is 4. The van der Waals surface area contributed by atoms with Crippen molar-refractivity contribution < 1.29 is 83.8 Å². The van der Waals surface area contributed by atoms with Gasteiger partial charge in [-0.1, -0.05) is 0 Å². The fourth-order valence-electron chi connectivity index (χ4n) is 1.95. The van der Waals surface area contributed by atoms with Crippen LogP contribution in [0.15, 0.2) is 0 Å². The van der Waals surface area contributed by atoms with Gasteiger partial charge in [-0.05, 0) is 0 Å². The fraction of sp³-hybridized carbons (Fsp3) is 1.00. The number of ether oxygens (including phenoxy) is 1. The molecular formula is C10H2F18O. The van der Waals surface area contributed by atoms with Crippen LogP contribution in [0.2, 0.25) is 0 Å². The summed E-state index contributed by atoms with van der Waals surface area (Å²) in [5, 5.41) is 0. The van der Waals surface area contributed by atoms with E-state index < -0.39 is 60.1 Å². The van der Waals surface area contributed by atoms with Crippen molar-refractivity contribution in [3.8, 4) is 0 Å². The lowest BCUT2D eigenvalue weighted by Gasteiger charge is -2.34. The first-order valence-electron chi connectivity index (χ1n) is 6.27. The van der Waals surface area contributed by atoms with Crippen molar-refractivity contribution in [1.82, 2.24) is 0 Å². The van der Waals surface area contributed by atoms with E-state index in [2.05, 4.69) is 0 Å². The predicted octanol–water partition coefficient (Wildman–Crippen LogP) is 5.69. The second-order valence-corrected chi connectivity index (χ2v) is 5.51. The van der Waals surface area contributed by atoms with E-state index in [1.54, 1.807) is 0 Å². The van der Waals surface area contributed by atoms with Gasteiger partial charge in [-0.3, -0.25) is 4.74 Å². The van der Waals surface area contributed by atoms with Gasteiger partial charge in [0.05, 0.1) is 0 Å². The highest BCUT2D eigenvalue weighted by atomic mass is 19.4. The second-order valence-electron chi connectivity index (χ2n) is 5.51. The normalized spacial score (nSPS) is 32.9. The van der Waals surface area contributed by atoms with Gasteiger partial charge in [0.1, 0.15) is 0 Å². The van der Waals surface area contributed by atoms with Crippen LogP contribution >= 0.6 is 0 Å². The molecule has 4 atom stereocenters. The molecule has 1 rings (SSSR count). The lowest BCUT2D eigenvalue weighted by molar-refractivity contribution is -0.391. The smallest absolute Gasteiger partial charge is 0.293 e. The summed E-state index contributed by atoms with van der Waals surface area (Å²) in [7, 11) is 0. The molecule has 1 saturated heterocycles. The topological polar surface area (TPSA) is 9.23 Å². The van der Waals surface area contributed by atoms with Crippen molar-refractivity contribution in [2.45, 2.75) is 60.1 Å². The molecule has 0 radical (unpaired) electrons. The summed E-state index contributed by atoms with van der Waals surface area (Å²) in [6.07, 6.45) is -27.5. The first kappa shape index (κ1) is 25.7. The van der Waals surface area contributed by atoms with Crippen LogP contribution < -0.4 is 0 Å². The van der Waals surface area contributed by atoms with E-state index in [0.717, 1.165) is 0 Å². The van der Waals surface area contributed by atoms with Gasteiger partial charge in [-0.25, -0.2) is 17.6 Å². The Morgan fingerprint density at radius 3 is 0.862 bits per heavy atom. The molecule has 0 saturated carbocycles. The molecule has 1 aliphatic heterocycles. The standard InChI is InChI=1S/C10H2F18O/c11-1(3(13,14)9(23,24)25)5(17)7(19,20)8(21,22)6(18,29-5)2(12)4(15,16)10(26,27)28/h1-2H. The molecule has 0 aromatic carbocycles. The molecule has 4 unspecified atom stereocenters. The van der Waals surface area contributed by atoms with Gasteiger partial charge >= 0.3 is 47.8 Å². The Balaban J connectivity index is 3.69. The van der Waals surface area contributed by atoms with Gasteiger partial charge in [0.15, 0.2) is 0 Å². The number of alkyl halides is 18. The molecule has 174 valence electrons. The summed E-state index contributed by atoms with van der Waals surface area (Å²) in [5.41, 5.74) is 0. The van der Waals surface area contributed by atoms with E-state index in [4.69, 9.17) is 0 Å². The van der Waals surface area contributed by atoms with Gasteiger partial charge < -0.3 is 0 Å².